The van der Waals surface area contributed by atoms with Crippen LogP contribution in [0.5, 0.6) is 0 Å². The number of oxazole rings is 1. The molecule has 22 heavy (non-hydrogen) atoms. The summed E-state index contributed by atoms with van der Waals surface area (Å²) in [5.41, 5.74) is 7.09. The zero-order valence-electron chi connectivity index (χ0n) is 11.3. The van der Waals surface area contributed by atoms with Gasteiger partial charge in [-0.1, -0.05) is 41.6 Å². The maximum atomic E-state index is 5.88. The number of hydrogen-bond acceptors (Lipinski definition) is 7. The number of benzene rings is 1. The Labute approximate surface area is 129 Å². The van der Waals surface area contributed by atoms with Gasteiger partial charge >= 0.3 is 0 Å². The van der Waals surface area contributed by atoms with E-state index in [0.29, 0.717) is 17.4 Å². The van der Waals surface area contributed by atoms with Gasteiger partial charge < -0.3 is 14.7 Å². The highest BCUT2D eigenvalue weighted by Crippen LogP contribution is 2.32. The van der Waals surface area contributed by atoms with Gasteiger partial charge in [0.05, 0.1) is 4.88 Å². The number of thiophene rings is 1. The number of nitrogen functional groups attached to an aromatic ring is 1. The van der Waals surface area contributed by atoms with Crippen molar-refractivity contribution < 1.29 is 8.94 Å². The Morgan fingerprint density at radius 2 is 1.82 bits per heavy atom. The summed E-state index contributed by atoms with van der Waals surface area (Å²) >= 11 is 1.52. The lowest BCUT2D eigenvalue weighted by molar-refractivity contribution is 0.431. The van der Waals surface area contributed by atoms with E-state index in [1.165, 1.54) is 11.3 Å². The van der Waals surface area contributed by atoms with Crippen molar-refractivity contribution in [2.75, 3.05) is 5.73 Å². The molecule has 0 spiro atoms. The standard InChI is InChI=1S/C15H10N4O2S/c16-12-11(17-14(20-12)10-7-4-8-22-10)15-18-13(19-21-15)9-5-2-1-3-6-9/h1-8H,16H2. The van der Waals surface area contributed by atoms with Crippen molar-refractivity contribution in [2.45, 2.75) is 0 Å². The third kappa shape index (κ3) is 2.17. The van der Waals surface area contributed by atoms with Gasteiger partial charge in [-0.2, -0.15) is 4.98 Å². The van der Waals surface area contributed by atoms with Gasteiger partial charge in [0.2, 0.25) is 17.6 Å². The molecule has 0 atom stereocenters. The van der Waals surface area contributed by atoms with Gasteiger partial charge in [0.1, 0.15) is 0 Å². The lowest BCUT2D eigenvalue weighted by Gasteiger charge is -1.90. The second kappa shape index (κ2) is 5.12. The summed E-state index contributed by atoms with van der Waals surface area (Å²) in [6, 6.07) is 13.4. The number of anilines is 1. The largest absolute Gasteiger partial charge is 0.419 e. The first-order valence-electron chi connectivity index (χ1n) is 6.51. The van der Waals surface area contributed by atoms with Crippen LogP contribution in [0.1, 0.15) is 0 Å². The van der Waals surface area contributed by atoms with Crippen molar-refractivity contribution in [3.05, 3.63) is 47.8 Å². The average molecular weight is 310 g/mol. The monoisotopic (exact) mass is 310 g/mol. The summed E-state index contributed by atoms with van der Waals surface area (Å²) in [4.78, 5) is 9.57. The van der Waals surface area contributed by atoms with Crippen LogP contribution in [-0.4, -0.2) is 15.1 Å². The number of rotatable bonds is 3. The van der Waals surface area contributed by atoms with Crippen molar-refractivity contribution in [3.63, 3.8) is 0 Å². The van der Waals surface area contributed by atoms with Gasteiger partial charge in [-0.15, -0.1) is 11.3 Å². The SMILES string of the molecule is Nc1oc(-c2cccs2)nc1-c1nc(-c2ccccc2)no1. The Kier molecular flexibility index (Phi) is 2.97. The lowest BCUT2D eigenvalue weighted by Crippen LogP contribution is -1.86. The second-order valence-corrected chi connectivity index (χ2v) is 5.45. The van der Waals surface area contributed by atoms with Crippen molar-refractivity contribution in [1.82, 2.24) is 15.1 Å². The Morgan fingerprint density at radius 3 is 2.59 bits per heavy atom. The second-order valence-electron chi connectivity index (χ2n) is 4.50. The molecule has 108 valence electrons. The van der Waals surface area contributed by atoms with E-state index in [4.69, 9.17) is 14.7 Å². The Bertz CT molecular complexity index is 897. The molecule has 0 saturated carbocycles. The van der Waals surface area contributed by atoms with Crippen LogP contribution < -0.4 is 5.73 Å². The molecule has 0 aliphatic heterocycles. The summed E-state index contributed by atoms with van der Waals surface area (Å²) < 4.78 is 10.7. The highest BCUT2D eigenvalue weighted by Gasteiger charge is 2.20. The first kappa shape index (κ1) is 12.8. The predicted molar refractivity (Wildman–Crippen MR) is 83.0 cm³/mol. The van der Waals surface area contributed by atoms with Crippen molar-refractivity contribution in [2.24, 2.45) is 0 Å². The van der Waals surface area contributed by atoms with Gasteiger partial charge in [0.25, 0.3) is 5.89 Å². The molecule has 0 aliphatic rings. The van der Waals surface area contributed by atoms with Gasteiger partial charge in [0.15, 0.2) is 5.69 Å². The first-order valence-corrected chi connectivity index (χ1v) is 7.39. The molecule has 0 unspecified atom stereocenters. The number of aromatic nitrogens is 3. The minimum absolute atomic E-state index is 0.159. The molecule has 4 rings (SSSR count). The lowest BCUT2D eigenvalue weighted by atomic mass is 10.2. The zero-order valence-corrected chi connectivity index (χ0v) is 12.1. The molecule has 3 aromatic heterocycles. The van der Waals surface area contributed by atoms with Crippen LogP contribution >= 0.6 is 11.3 Å². The summed E-state index contributed by atoms with van der Waals surface area (Å²) in [7, 11) is 0. The summed E-state index contributed by atoms with van der Waals surface area (Å²) in [5, 5.41) is 5.90. The van der Waals surface area contributed by atoms with Crippen LogP contribution in [0.15, 0.2) is 56.8 Å². The quantitative estimate of drug-likeness (QED) is 0.620. The Morgan fingerprint density at radius 1 is 0.955 bits per heavy atom. The molecule has 3 heterocycles. The molecule has 6 nitrogen and oxygen atoms in total. The van der Waals surface area contributed by atoms with E-state index in [-0.39, 0.29) is 11.8 Å². The van der Waals surface area contributed by atoms with Crippen molar-refractivity contribution >= 4 is 17.2 Å². The van der Waals surface area contributed by atoms with Crippen LogP contribution in [0.2, 0.25) is 0 Å². The fraction of sp³-hybridized carbons (Fsp3) is 0. The fourth-order valence-electron chi connectivity index (χ4n) is 2.01. The highest BCUT2D eigenvalue weighted by molar-refractivity contribution is 7.13. The van der Waals surface area contributed by atoms with Crippen molar-refractivity contribution in [3.8, 4) is 33.7 Å². The minimum Gasteiger partial charge on any atom is -0.419 e. The third-order valence-electron chi connectivity index (χ3n) is 3.05. The van der Waals surface area contributed by atoms with E-state index in [2.05, 4.69) is 15.1 Å². The van der Waals surface area contributed by atoms with Crippen molar-refractivity contribution in [1.29, 1.82) is 0 Å². The van der Waals surface area contributed by atoms with Crippen LogP contribution in [0.3, 0.4) is 0 Å². The van der Waals surface area contributed by atoms with Gasteiger partial charge in [-0.3, -0.25) is 0 Å². The van der Waals surface area contributed by atoms with E-state index >= 15 is 0 Å². The van der Waals surface area contributed by atoms with E-state index in [1.807, 2.05) is 47.8 Å². The fourth-order valence-corrected chi connectivity index (χ4v) is 2.66. The molecule has 0 radical (unpaired) electrons. The summed E-state index contributed by atoms with van der Waals surface area (Å²) in [6.45, 7) is 0. The van der Waals surface area contributed by atoms with Gasteiger partial charge in [0, 0.05) is 5.56 Å². The third-order valence-corrected chi connectivity index (χ3v) is 3.90. The number of nitrogens with two attached hydrogens (primary N) is 1. The van der Waals surface area contributed by atoms with E-state index < -0.39 is 0 Å². The maximum Gasteiger partial charge on any atom is 0.282 e. The molecule has 4 aromatic rings. The van der Waals surface area contributed by atoms with Crippen LogP contribution in [0, 0.1) is 0 Å². The number of nitrogens with zero attached hydrogens (tertiary/aromatic N) is 3. The maximum absolute atomic E-state index is 5.88. The summed E-state index contributed by atoms with van der Waals surface area (Å²) in [5.74, 6) is 1.33. The minimum atomic E-state index is 0.159. The molecule has 2 N–H and O–H groups in total. The van der Waals surface area contributed by atoms with Crippen LogP contribution in [-0.2, 0) is 0 Å². The average Bonchev–Trinajstić information content (AvgIpc) is 3.28. The molecule has 1 aromatic carbocycles. The van der Waals surface area contributed by atoms with E-state index in [0.717, 1.165) is 10.4 Å². The molecule has 0 saturated heterocycles. The first-order chi connectivity index (χ1) is 10.8. The van der Waals surface area contributed by atoms with Gasteiger partial charge in [-0.25, -0.2) is 4.98 Å². The molecule has 0 amide bonds. The molecular weight excluding hydrogens is 300 g/mol. The summed E-state index contributed by atoms with van der Waals surface area (Å²) in [6.07, 6.45) is 0. The predicted octanol–water partition coefficient (Wildman–Crippen LogP) is 3.70. The Balaban J connectivity index is 1.73. The molecule has 0 fully saturated rings. The van der Waals surface area contributed by atoms with Crippen LogP contribution in [0.4, 0.5) is 5.88 Å². The zero-order chi connectivity index (χ0) is 14.9. The number of hydrogen-bond donors (Lipinski definition) is 1. The molecule has 0 bridgehead atoms. The normalized spacial score (nSPS) is 10.9. The molecule has 7 heteroatoms. The molecular formula is C15H10N4O2S. The highest BCUT2D eigenvalue weighted by atomic mass is 32.1. The Hall–Kier alpha value is -2.93. The van der Waals surface area contributed by atoms with Gasteiger partial charge in [-0.05, 0) is 11.4 Å². The molecule has 0 aliphatic carbocycles. The van der Waals surface area contributed by atoms with E-state index in [9.17, 15) is 0 Å². The topological polar surface area (TPSA) is 91.0 Å². The van der Waals surface area contributed by atoms with E-state index in [1.54, 1.807) is 0 Å². The van der Waals surface area contributed by atoms with Crippen LogP contribution in [0.25, 0.3) is 33.7 Å². The smallest absolute Gasteiger partial charge is 0.282 e.